The Morgan fingerprint density at radius 2 is 1.82 bits per heavy atom. The molecule has 1 aliphatic carbocycles. The fourth-order valence-electron chi connectivity index (χ4n) is 4.98. The van der Waals surface area contributed by atoms with Crippen LogP contribution < -0.4 is 16.0 Å². The quantitative estimate of drug-likeness (QED) is 0.486. The third kappa shape index (κ3) is 4.09. The molecule has 1 saturated heterocycles. The Morgan fingerprint density at radius 1 is 1.09 bits per heavy atom. The third-order valence-electron chi connectivity index (χ3n) is 6.77. The molecule has 4 amide bonds. The van der Waals surface area contributed by atoms with Crippen LogP contribution in [-0.4, -0.2) is 38.5 Å². The van der Waals surface area contributed by atoms with Crippen molar-refractivity contribution >= 4 is 34.8 Å². The number of phenolic OH excluding ortho intramolecular Hbond substituents is 1. The number of aromatic nitrogens is 2. The fraction of sp³-hybridized carbons (Fsp3) is 0.360. The summed E-state index contributed by atoms with van der Waals surface area (Å²) >= 11 is 0. The number of primary amides is 1. The number of anilines is 1. The van der Waals surface area contributed by atoms with Gasteiger partial charge < -0.3 is 20.7 Å². The highest BCUT2D eigenvalue weighted by atomic mass is 16.3. The van der Waals surface area contributed by atoms with Crippen molar-refractivity contribution < 1.29 is 19.5 Å². The highest BCUT2D eigenvalue weighted by Crippen LogP contribution is 2.32. The lowest BCUT2D eigenvalue weighted by atomic mass is 9.89. The lowest BCUT2D eigenvalue weighted by Crippen LogP contribution is -2.34. The minimum Gasteiger partial charge on any atom is -0.508 e. The monoisotopic (exact) mass is 461 g/mol. The number of fused-ring (bicyclic) bond motifs is 1. The Bertz CT molecular complexity index is 1260. The number of hydrogen-bond donors (Lipinski definition) is 3. The maximum Gasteiger partial charge on any atom is 0.331 e. The number of imidazole rings is 1. The number of hydrogen-bond acceptors (Lipinski definition) is 5. The fourth-order valence-corrected chi connectivity index (χ4v) is 4.98. The SMILES string of the molecule is NC(=O)c1ccc2c(c1)nc(N1C(=O)N[C@@H](Cc3ccc(O)cc3)C1=O)n2CC1CCCCC1. The number of amides is 4. The van der Waals surface area contributed by atoms with E-state index in [1.54, 1.807) is 42.5 Å². The molecule has 0 unspecified atom stereocenters. The molecule has 0 radical (unpaired) electrons. The highest BCUT2D eigenvalue weighted by molar-refractivity contribution is 6.21. The highest BCUT2D eigenvalue weighted by Gasteiger charge is 2.42. The number of aromatic hydroxyl groups is 1. The zero-order valence-corrected chi connectivity index (χ0v) is 18.7. The van der Waals surface area contributed by atoms with Crippen LogP contribution in [0.1, 0.15) is 48.0 Å². The first kappa shape index (κ1) is 21.9. The maximum absolute atomic E-state index is 13.3. The molecule has 1 saturated carbocycles. The standard InChI is InChI=1S/C25H27N5O4/c26-22(32)17-8-11-21-19(13-17)27-24(29(21)14-16-4-2-1-3-5-16)30-23(33)20(28-25(30)34)12-15-6-9-18(31)10-7-15/h6-11,13,16,20,31H,1-5,12,14H2,(H2,26,32)(H,28,34)/t20-/m0/s1. The van der Waals surface area contributed by atoms with E-state index in [0.717, 1.165) is 41.7 Å². The summed E-state index contributed by atoms with van der Waals surface area (Å²) in [4.78, 5) is 43.7. The van der Waals surface area contributed by atoms with Gasteiger partial charge in [0.15, 0.2) is 0 Å². The zero-order chi connectivity index (χ0) is 23.8. The molecule has 0 spiro atoms. The van der Waals surface area contributed by atoms with Gasteiger partial charge in [0.05, 0.1) is 11.0 Å². The summed E-state index contributed by atoms with van der Waals surface area (Å²) in [6.07, 6.45) is 6.02. The predicted molar refractivity (Wildman–Crippen MR) is 126 cm³/mol. The van der Waals surface area contributed by atoms with Crippen molar-refractivity contribution in [2.75, 3.05) is 4.90 Å². The molecule has 4 N–H and O–H groups in total. The first-order valence-electron chi connectivity index (χ1n) is 11.6. The molecule has 176 valence electrons. The van der Waals surface area contributed by atoms with Gasteiger partial charge in [-0.1, -0.05) is 31.4 Å². The first-order chi connectivity index (χ1) is 16.4. The molecule has 0 bridgehead atoms. The molecule has 1 aliphatic heterocycles. The summed E-state index contributed by atoms with van der Waals surface area (Å²) in [5, 5.41) is 12.3. The molecule has 3 aromatic rings. The molecule has 5 rings (SSSR count). The van der Waals surface area contributed by atoms with E-state index in [-0.39, 0.29) is 17.6 Å². The summed E-state index contributed by atoms with van der Waals surface area (Å²) in [5.41, 5.74) is 7.87. The Hall–Kier alpha value is -3.88. The van der Waals surface area contributed by atoms with E-state index in [9.17, 15) is 19.5 Å². The lowest BCUT2D eigenvalue weighted by molar-refractivity contribution is -0.118. The molecule has 34 heavy (non-hydrogen) atoms. The van der Waals surface area contributed by atoms with E-state index in [1.807, 2.05) is 4.57 Å². The Labute approximate surface area is 196 Å². The number of nitrogens with zero attached hydrogens (tertiary/aromatic N) is 3. The van der Waals surface area contributed by atoms with Crippen molar-refractivity contribution in [3.05, 3.63) is 53.6 Å². The lowest BCUT2D eigenvalue weighted by Gasteiger charge is -2.24. The van der Waals surface area contributed by atoms with Gasteiger partial charge in [0.25, 0.3) is 5.91 Å². The topological polar surface area (TPSA) is 131 Å². The Morgan fingerprint density at radius 3 is 2.53 bits per heavy atom. The Kier molecular flexibility index (Phi) is 5.69. The van der Waals surface area contributed by atoms with Gasteiger partial charge in [-0.3, -0.25) is 9.59 Å². The largest absolute Gasteiger partial charge is 0.508 e. The van der Waals surface area contributed by atoms with E-state index in [4.69, 9.17) is 5.73 Å². The van der Waals surface area contributed by atoms with Crippen molar-refractivity contribution in [2.45, 2.75) is 51.1 Å². The number of carbonyl (C=O) groups excluding carboxylic acids is 3. The van der Waals surface area contributed by atoms with Gasteiger partial charge in [0.2, 0.25) is 11.9 Å². The van der Waals surface area contributed by atoms with Crippen molar-refractivity contribution in [1.82, 2.24) is 14.9 Å². The van der Waals surface area contributed by atoms with Gasteiger partial charge in [0, 0.05) is 18.5 Å². The summed E-state index contributed by atoms with van der Waals surface area (Å²) < 4.78 is 1.93. The average Bonchev–Trinajstić information content (AvgIpc) is 3.31. The summed E-state index contributed by atoms with van der Waals surface area (Å²) in [6, 6.07) is 10.3. The number of rotatable bonds is 6. The van der Waals surface area contributed by atoms with E-state index < -0.39 is 18.0 Å². The molecule has 2 aliphatic rings. The van der Waals surface area contributed by atoms with Gasteiger partial charge in [-0.2, -0.15) is 4.90 Å². The third-order valence-corrected chi connectivity index (χ3v) is 6.77. The van der Waals surface area contributed by atoms with Crippen molar-refractivity contribution in [3.8, 4) is 5.75 Å². The predicted octanol–water partition coefficient (Wildman–Crippen LogP) is 3.09. The van der Waals surface area contributed by atoms with Crippen LogP contribution in [0.4, 0.5) is 10.7 Å². The van der Waals surface area contributed by atoms with Crippen molar-refractivity contribution in [3.63, 3.8) is 0 Å². The number of imide groups is 1. The van der Waals surface area contributed by atoms with Crippen LogP contribution in [0.5, 0.6) is 5.75 Å². The zero-order valence-electron chi connectivity index (χ0n) is 18.7. The second-order valence-corrected chi connectivity index (χ2v) is 9.14. The van der Waals surface area contributed by atoms with Gasteiger partial charge >= 0.3 is 6.03 Å². The molecule has 2 aromatic carbocycles. The number of urea groups is 1. The van der Waals surface area contributed by atoms with Crippen LogP contribution in [0.25, 0.3) is 11.0 Å². The molecule has 1 aromatic heterocycles. The molecule has 2 fully saturated rings. The summed E-state index contributed by atoms with van der Waals surface area (Å²) in [7, 11) is 0. The van der Waals surface area contributed by atoms with E-state index >= 15 is 0 Å². The van der Waals surface area contributed by atoms with Crippen LogP contribution in [0.2, 0.25) is 0 Å². The first-order valence-corrected chi connectivity index (χ1v) is 11.6. The number of nitrogens with one attached hydrogen (secondary N) is 1. The second-order valence-electron chi connectivity index (χ2n) is 9.14. The van der Waals surface area contributed by atoms with Crippen molar-refractivity contribution in [2.24, 2.45) is 11.7 Å². The smallest absolute Gasteiger partial charge is 0.331 e. The van der Waals surface area contributed by atoms with Crippen LogP contribution in [0.15, 0.2) is 42.5 Å². The van der Waals surface area contributed by atoms with Crippen molar-refractivity contribution in [1.29, 1.82) is 0 Å². The van der Waals surface area contributed by atoms with Gasteiger partial charge in [-0.15, -0.1) is 0 Å². The summed E-state index contributed by atoms with van der Waals surface area (Å²) in [6.45, 7) is 0.640. The number of benzene rings is 2. The normalized spacial score (nSPS) is 19.1. The summed E-state index contributed by atoms with van der Waals surface area (Å²) in [5.74, 6) is -0.117. The molecule has 9 nitrogen and oxygen atoms in total. The van der Waals surface area contributed by atoms with Crippen LogP contribution in [-0.2, 0) is 17.8 Å². The van der Waals surface area contributed by atoms with Crippen LogP contribution in [0.3, 0.4) is 0 Å². The van der Waals surface area contributed by atoms with E-state index in [0.29, 0.717) is 30.0 Å². The van der Waals surface area contributed by atoms with E-state index in [2.05, 4.69) is 10.3 Å². The Balaban J connectivity index is 1.51. The van der Waals surface area contributed by atoms with Crippen LogP contribution in [0, 0.1) is 5.92 Å². The van der Waals surface area contributed by atoms with Gasteiger partial charge in [-0.05, 0) is 54.7 Å². The van der Waals surface area contributed by atoms with Gasteiger partial charge in [0.1, 0.15) is 11.8 Å². The minimum absolute atomic E-state index is 0.138. The van der Waals surface area contributed by atoms with Crippen LogP contribution >= 0.6 is 0 Å². The number of phenols is 1. The van der Waals surface area contributed by atoms with Gasteiger partial charge in [-0.25, -0.2) is 9.78 Å². The molecule has 2 heterocycles. The number of nitrogens with two attached hydrogens (primary N) is 1. The molecule has 1 atom stereocenters. The second kappa shape index (κ2) is 8.81. The maximum atomic E-state index is 13.3. The van der Waals surface area contributed by atoms with E-state index in [1.165, 1.54) is 6.42 Å². The molecule has 9 heteroatoms. The average molecular weight is 462 g/mol. The molecular weight excluding hydrogens is 434 g/mol. The minimum atomic E-state index is -0.735. The number of carbonyl (C=O) groups is 3. The molecular formula is C25H27N5O4.